The lowest BCUT2D eigenvalue weighted by atomic mass is 10.0. The molecule has 1 saturated heterocycles. The SMILES string of the molecule is Cl.[2H]C1(C#N)CCNCC1. The molecule has 1 N–H and O–H groups in total. The summed E-state index contributed by atoms with van der Waals surface area (Å²) in [6, 6.07) is 2.01. The van der Waals surface area contributed by atoms with Gasteiger partial charge in [-0.15, -0.1) is 12.4 Å². The summed E-state index contributed by atoms with van der Waals surface area (Å²) in [6.45, 7) is 1.63. The molecule has 1 aliphatic heterocycles. The number of rotatable bonds is 0. The summed E-state index contributed by atoms with van der Waals surface area (Å²) in [6.07, 6.45) is 1.34. The maximum atomic E-state index is 8.48. The molecule has 1 rings (SSSR count). The van der Waals surface area contributed by atoms with E-state index in [9.17, 15) is 0 Å². The average Bonchev–Trinajstić information content (AvgIpc) is 1.90. The van der Waals surface area contributed by atoms with Crippen molar-refractivity contribution in [3.63, 3.8) is 0 Å². The van der Waals surface area contributed by atoms with Crippen LogP contribution >= 0.6 is 12.4 Å². The van der Waals surface area contributed by atoms with Crippen LogP contribution in [0, 0.1) is 17.2 Å². The van der Waals surface area contributed by atoms with Crippen molar-refractivity contribution in [2.45, 2.75) is 12.8 Å². The van der Waals surface area contributed by atoms with Gasteiger partial charge in [0.2, 0.25) is 0 Å². The van der Waals surface area contributed by atoms with Crippen molar-refractivity contribution in [2.75, 3.05) is 13.1 Å². The van der Waals surface area contributed by atoms with Crippen LogP contribution in [0.4, 0.5) is 0 Å². The molecule has 0 amide bonds. The molecule has 0 aromatic rings. The highest BCUT2D eigenvalue weighted by molar-refractivity contribution is 5.85. The Morgan fingerprint density at radius 1 is 1.56 bits per heavy atom. The van der Waals surface area contributed by atoms with Gasteiger partial charge >= 0.3 is 0 Å². The van der Waals surface area contributed by atoms with Crippen LogP contribution in [0.2, 0.25) is 0 Å². The highest BCUT2D eigenvalue weighted by Crippen LogP contribution is 2.08. The second-order valence-electron chi connectivity index (χ2n) is 1.97. The second kappa shape index (κ2) is 4.60. The van der Waals surface area contributed by atoms with E-state index in [2.05, 4.69) is 5.32 Å². The summed E-state index contributed by atoms with van der Waals surface area (Å²) in [7, 11) is 0. The van der Waals surface area contributed by atoms with E-state index in [0.29, 0.717) is 12.8 Å². The molecule has 1 aliphatic rings. The van der Waals surface area contributed by atoms with Crippen molar-refractivity contribution in [3.8, 4) is 6.07 Å². The fourth-order valence-electron chi connectivity index (χ4n) is 0.840. The summed E-state index contributed by atoms with van der Waals surface area (Å²) < 4.78 is 7.47. The van der Waals surface area contributed by atoms with Gasteiger partial charge in [0.1, 0.15) is 0 Å². The van der Waals surface area contributed by atoms with Crippen LogP contribution in [0.15, 0.2) is 0 Å². The lowest BCUT2D eigenvalue weighted by molar-refractivity contribution is 0.444. The number of hydrogen-bond donors (Lipinski definition) is 1. The highest BCUT2D eigenvalue weighted by Gasteiger charge is 2.09. The van der Waals surface area contributed by atoms with Crippen LogP contribution in [0.25, 0.3) is 0 Å². The molecule has 2 nitrogen and oxygen atoms in total. The van der Waals surface area contributed by atoms with Gasteiger partial charge < -0.3 is 5.32 Å². The number of nitrogens with one attached hydrogen (secondary N) is 1. The lowest BCUT2D eigenvalue weighted by Crippen LogP contribution is -2.26. The summed E-state index contributed by atoms with van der Waals surface area (Å²) in [5.74, 6) is -0.786. The van der Waals surface area contributed by atoms with Gasteiger partial charge in [-0.25, -0.2) is 0 Å². The van der Waals surface area contributed by atoms with E-state index < -0.39 is 5.89 Å². The van der Waals surface area contributed by atoms with E-state index >= 15 is 0 Å². The molecule has 1 heterocycles. The number of piperidine rings is 1. The number of nitriles is 1. The van der Waals surface area contributed by atoms with Gasteiger partial charge in [-0.05, 0) is 25.9 Å². The third kappa shape index (κ3) is 2.69. The largest absolute Gasteiger partial charge is 0.317 e. The standard InChI is InChI=1S/C6H10N2.ClH/c7-5-6-1-3-8-4-2-6;/h6,8H,1-4H2;1H/i6D;. The summed E-state index contributed by atoms with van der Waals surface area (Å²) in [5.41, 5.74) is 0. The summed E-state index contributed by atoms with van der Waals surface area (Å²) in [4.78, 5) is 0. The zero-order chi connectivity index (χ0) is 6.74. The van der Waals surface area contributed by atoms with Gasteiger partial charge in [-0.1, -0.05) is 0 Å². The molecule has 0 spiro atoms. The average molecular weight is 148 g/mol. The zero-order valence-corrected chi connectivity index (χ0v) is 6.00. The first kappa shape index (κ1) is 6.85. The first-order valence-electron chi connectivity index (χ1n) is 3.39. The molecule has 0 bridgehead atoms. The quantitative estimate of drug-likeness (QED) is 0.554. The lowest BCUT2D eigenvalue weighted by Gasteiger charge is -2.15. The molecule has 0 atom stereocenters. The molecule has 3 heteroatoms. The fraction of sp³-hybridized carbons (Fsp3) is 0.833. The Labute approximate surface area is 63.1 Å². The van der Waals surface area contributed by atoms with Crippen LogP contribution in [0.1, 0.15) is 14.2 Å². The summed E-state index contributed by atoms with van der Waals surface area (Å²) in [5, 5.41) is 11.6. The third-order valence-corrected chi connectivity index (χ3v) is 1.37. The molecule has 0 radical (unpaired) electrons. The Morgan fingerprint density at radius 3 is 2.44 bits per heavy atom. The molecule has 1 fully saturated rings. The highest BCUT2D eigenvalue weighted by atomic mass is 35.5. The first-order chi connectivity index (χ1) is 4.27. The summed E-state index contributed by atoms with van der Waals surface area (Å²) >= 11 is 0. The van der Waals surface area contributed by atoms with Gasteiger partial charge in [-0.3, -0.25) is 0 Å². The normalized spacial score (nSPS) is 25.0. The fourth-order valence-corrected chi connectivity index (χ4v) is 0.840. The molecule has 0 aliphatic carbocycles. The Kier molecular flexibility index (Phi) is 3.51. The molecule has 9 heavy (non-hydrogen) atoms. The predicted molar refractivity (Wildman–Crippen MR) is 38.5 cm³/mol. The van der Waals surface area contributed by atoms with Crippen molar-refractivity contribution in [3.05, 3.63) is 0 Å². The van der Waals surface area contributed by atoms with Crippen LogP contribution in [0.3, 0.4) is 0 Å². The monoisotopic (exact) mass is 147 g/mol. The van der Waals surface area contributed by atoms with Crippen LogP contribution in [0.5, 0.6) is 0 Å². The number of hydrogen-bond acceptors (Lipinski definition) is 2. The molecule has 0 aromatic carbocycles. The third-order valence-electron chi connectivity index (χ3n) is 1.37. The van der Waals surface area contributed by atoms with Gasteiger partial charge in [0.15, 0.2) is 0 Å². The van der Waals surface area contributed by atoms with Gasteiger partial charge in [0.25, 0.3) is 0 Å². The Balaban J connectivity index is 0.000000810. The van der Waals surface area contributed by atoms with E-state index in [1.807, 2.05) is 6.07 Å². The van der Waals surface area contributed by atoms with Crippen LogP contribution in [-0.4, -0.2) is 13.1 Å². The van der Waals surface area contributed by atoms with Crippen molar-refractivity contribution >= 4 is 12.4 Å². The molecule has 52 valence electrons. The number of nitrogens with zero attached hydrogens (tertiary/aromatic N) is 1. The van der Waals surface area contributed by atoms with Crippen molar-refractivity contribution in [1.29, 1.82) is 5.26 Å². The van der Waals surface area contributed by atoms with E-state index in [4.69, 9.17) is 6.63 Å². The molecular formula is C6H11ClN2. The minimum atomic E-state index is -0.786. The maximum Gasteiger partial charge on any atom is 0.0656 e. The van der Waals surface area contributed by atoms with Crippen molar-refractivity contribution < 1.29 is 1.37 Å². The van der Waals surface area contributed by atoms with Gasteiger partial charge in [-0.2, -0.15) is 5.26 Å². The van der Waals surface area contributed by atoms with E-state index in [1.165, 1.54) is 0 Å². The minimum absolute atomic E-state index is 0. The topological polar surface area (TPSA) is 35.8 Å². The molecule has 0 saturated carbocycles. The second-order valence-corrected chi connectivity index (χ2v) is 1.97. The van der Waals surface area contributed by atoms with Crippen molar-refractivity contribution in [2.24, 2.45) is 5.89 Å². The predicted octanol–water partition coefficient (Wildman–Crippen LogP) is 0.931. The minimum Gasteiger partial charge on any atom is -0.317 e. The smallest absolute Gasteiger partial charge is 0.0656 e. The molecular weight excluding hydrogens is 136 g/mol. The Morgan fingerprint density at radius 2 is 2.11 bits per heavy atom. The Bertz CT molecular complexity index is 137. The first-order valence-corrected chi connectivity index (χ1v) is 2.89. The van der Waals surface area contributed by atoms with Gasteiger partial charge in [0.05, 0.1) is 6.07 Å². The van der Waals surface area contributed by atoms with E-state index in [-0.39, 0.29) is 12.4 Å². The van der Waals surface area contributed by atoms with E-state index in [0.717, 1.165) is 13.1 Å². The van der Waals surface area contributed by atoms with Gasteiger partial charge in [0, 0.05) is 7.26 Å². The van der Waals surface area contributed by atoms with Crippen molar-refractivity contribution in [1.82, 2.24) is 5.32 Å². The molecule has 0 unspecified atom stereocenters. The molecule has 0 aromatic heterocycles. The zero-order valence-electron chi connectivity index (χ0n) is 6.18. The van der Waals surface area contributed by atoms with Crippen LogP contribution in [-0.2, 0) is 0 Å². The maximum absolute atomic E-state index is 8.48. The van der Waals surface area contributed by atoms with Crippen LogP contribution < -0.4 is 5.32 Å². The van der Waals surface area contributed by atoms with E-state index in [1.54, 1.807) is 0 Å². The number of halogens is 1. The Hall–Kier alpha value is -0.260.